The van der Waals surface area contributed by atoms with Crippen LogP contribution in [0.2, 0.25) is 10.0 Å². The fourth-order valence-electron chi connectivity index (χ4n) is 8.63. The van der Waals surface area contributed by atoms with Gasteiger partial charge in [0.1, 0.15) is 12.6 Å². The Hall–Kier alpha value is -3.07. The number of sulfonamides is 1. The first-order valence-electron chi connectivity index (χ1n) is 16.0. The van der Waals surface area contributed by atoms with E-state index in [-0.39, 0.29) is 24.3 Å². The summed E-state index contributed by atoms with van der Waals surface area (Å²) >= 11 is 13.1. The lowest BCUT2D eigenvalue weighted by Gasteiger charge is -2.57. The van der Waals surface area contributed by atoms with Crippen LogP contribution >= 0.6 is 23.2 Å². The number of carbonyl (C=O) groups excluding carboxylic acids is 2. The second-order valence-corrected chi connectivity index (χ2v) is 16.3. The van der Waals surface area contributed by atoms with Gasteiger partial charge in [-0.3, -0.25) is 13.9 Å². The molecule has 4 fully saturated rings. The molecule has 1 atom stereocenters. The van der Waals surface area contributed by atoms with Gasteiger partial charge in [-0.2, -0.15) is 0 Å². The van der Waals surface area contributed by atoms with Crippen LogP contribution in [0.4, 0.5) is 5.69 Å². The summed E-state index contributed by atoms with van der Waals surface area (Å²) in [4.78, 5) is 29.1. The van der Waals surface area contributed by atoms with E-state index in [0.717, 1.165) is 33.9 Å². The molecule has 0 aliphatic heterocycles. The van der Waals surface area contributed by atoms with Crippen LogP contribution in [0.25, 0.3) is 0 Å². The number of likely N-dealkylation sites (N-methyl/N-ethyl adjacent to an activating group) is 1. The van der Waals surface area contributed by atoms with Gasteiger partial charge in [0.25, 0.3) is 0 Å². The highest BCUT2D eigenvalue weighted by Crippen LogP contribution is 2.60. The highest BCUT2D eigenvalue weighted by molar-refractivity contribution is 7.92. The summed E-state index contributed by atoms with van der Waals surface area (Å²) in [5.41, 5.74) is 3.18. The molecule has 4 saturated carbocycles. The summed E-state index contributed by atoms with van der Waals surface area (Å²) in [7, 11) is -2.36. The molecule has 3 aromatic rings. The topological polar surface area (TPSA) is 86.8 Å². The standard InChI is InChI=1S/C36H41Cl2N3O4S/c1-39-35(43)33(18-24-7-4-3-5-8-24)40(22-30-31(37)9-6-10-32(30)38)34(42)23-41(46(2,44)45)29-13-11-28(12-14-29)36-19-25-15-26(20-36)17-27(16-25)21-36/h3-14,25-27,33H,15-23H2,1-2H3,(H,39,43)/t25?,26?,27?,33-,36?/m0/s1. The van der Waals surface area contributed by atoms with Crippen molar-refractivity contribution < 1.29 is 18.0 Å². The number of hydrogen-bond donors (Lipinski definition) is 1. The van der Waals surface area contributed by atoms with Crippen LogP contribution in [-0.4, -0.2) is 51.0 Å². The number of rotatable bonds is 11. The highest BCUT2D eigenvalue weighted by Gasteiger charge is 2.51. The minimum Gasteiger partial charge on any atom is -0.357 e. The van der Waals surface area contributed by atoms with Gasteiger partial charge in [0.15, 0.2) is 0 Å². The fourth-order valence-corrected chi connectivity index (χ4v) is 10.0. The second-order valence-electron chi connectivity index (χ2n) is 13.6. The molecule has 3 aromatic carbocycles. The normalized spacial score (nSPS) is 24.0. The molecular formula is C36H41Cl2N3O4S. The number of carbonyl (C=O) groups is 2. The Morgan fingerprint density at radius 3 is 1.96 bits per heavy atom. The first kappa shape index (κ1) is 32.9. The monoisotopic (exact) mass is 681 g/mol. The third kappa shape index (κ3) is 6.80. The maximum Gasteiger partial charge on any atom is 0.244 e. The number of halogens is 2. The molecule has 7 rings (SSSR count). The second kappa shape index (κ2) is 13.2. The minimum absolute atomic E-state index is 0.0786. The van der Waals surface area contributed by atoms with Gasteiger partial charge in [0, 0.05) is 35.6 Å². The molecule has 244 valence electrons. The van der Waals surface area contributed by atoms with Gasteiger partial charge in [0.2, 0.25) is 21.8 Å². The average Bonchev–Trinajstić information content (AvgIpc) is 3.01. The van der Waals surface area contributed by atoms with Crippen LogP contribution in [0.1, 0.15) is 55.2 Å². The summed E-state index contributed by atoms with van der Waals surface area (Å²) in [5, 5.41) is 3.38. The lowest BCUT2D eigenvalue weighted by atomic mass is 9.48. The Labute approximate surface area is 282 Å². The third-order valence-electron chi connectivity index (χ3n) is 10.4. The minimum atomic E-state index is -3.87. The van der Waals surface area contributed by atoms with E-state index in [9.17, 15) is 18.0 Å². The van der Waals surface area contributed by atoms with Crippen LogP contribution in [0.15, 0.2) is 72.8 Å². The zero-order valence-electron chi connectivity index (χ0n) is 26.3. The Kier molecular flexibility index (Phi) is 9.43. The Morgan fingerprint density at radius 2 is 1.43 bits per heavy atom. The number of benzene rings is 3. The quantitative estimate of drug-likeness (QED) is 0.247. The molecule has 10 heteroatoms. The molecule has 0 heterocycles. The maximum absolute atomic E-state index is 14.3. The molecule has 0 aromatic heterocycles. The van der Waals surface area contributed by atoms with E-state index in [1.807, 2.05) is 42.5 Å². The van der Waals surface area contributed by atoms with E-state index in [1.165, 1.54) is 56.0 Å². The van der Waals surface area contributed by atoms with Gasteiger partial charge in [0.05, 0.1) is 11.9 Å². The largest absolute Gasteiger partial charge is 0.357 e. The van der Waals surface area contributed by atoms with E-state index in [4.69, 9.17) is 23.2 Å². The molecule has 2 amide bonds. The van der Waals surface area contributed by atoms with Gasteiger partial charge < -0.3 is 10.2 Å². The fraction of sp³-hybridized carbons (Fsp3) is 0.444. The van der Waals surface area contributed by atoms with Crippen molar-refractivity contribution in [3.63, 3.8) is 0 Å². The van der Waals surface area contributed by atoms with E-state index in [2.05, 4.69) is 17.4 Å². The highest BCUT2D eigenvalue weighted by atomic mass is 35.5. The molecule has 0 saturated heterocycles. The Bertz CT molecular complexity index is 1640. The first-order valence-corrected chi connectivity index (χ1v) is 18.6. The van der Waals surface area contributed by atoms with Crippen molar-refractivity contribution in [1.29, 1.82) is 0 Å². The van der Waals surface area contributed by atoms with Gasteiger partial charge in [-0.05, 0) is 97.1 Å². The summed E-state index contributed by atoms with van der Waals surface area (Å²) in [6.45, 7) is -0.565. The van der Waals surface area contributed by atoms with Crippen LogP contribution in [0.3, 0.4) is 0 Å². The predicted octanol–water partition coefficient (Wildman–Crippen LogP) is 6.61. The zero-order valence-corrected chi connectivity index (χ0v) is 28.6. The predicted molar refractivity (Wildman–Crippen MR) is 183 cm³/mol. The van der Waals surface area contributed by atoms with Gasteiger partial charge in [-0.1, -0.05) is 71.7 Å². The van der Waals surface area contributed by atoms with Crippen molar-refractivity contribution in [1.82, 2.24) is 10.2 Å². The van der Waals surface area contributed by atoms with Crippen LogP contribution < -0.4 is 9.62 Å². The molecule has 46 heavy (non-hydrogen) atoms. The van der Waals surface area contributed by atoms with E-state index in [1.54, 1.807) is 18.2 Å². The number of anilines is 1. The lowest BCUT2D eigenvalue weighted by molar-refractivity contribution is -0.139. The molecule has 0 unspecified atom stereocenters. The van der Waals surface area contributed by atoms with Crippen LogP contribution in [0.5, 0.6) is 0 Å². The Balaban J connectivity index is 1.31. The van der Waals surface area contributed by atoms with Gasteiger partial charge in [-0.15, -0.1) is 0 Å². The van der Waals surface area contributed by atoms with Crippen molar-refractivity contribution in [2.75, 3.05) is 24.2 Å². The maximum atomic E-state index is 14.3. The average molecular weight is 683 g/mol. The molecule has 1 N–H and O–H groups in total. The number of nitrogens with zero attached hydrogens (tertiary/aromatic N) is 2. The summed E-state index contributed by atoms with van der Waals surface area (Å²) in [5.74, 6) is 1.44. The van der Waals surface area contributed by atoms with Crippen molar-refractivity contribution in [3.8, 4) is 0 Å². The van der Waals surface area contributed by atoms with Crippen molar-refractivity contribution >= 4 is 50.7 Å². The van der Waals surface area contributed by atoms with Crippen LogP contribution in [-0.2, 0) is 38.0 Å². The van der Waals surface area contributed by atoms with Gasteiger partial charge >= 0.3 is 0 Å². The Morgan fingerprint density at radius 1 is 0.870 bits per heavy atom. The van der Waals surface area contributed by atoms with Gasteiger partial charge in [-0.25, -0.2) is 8.42 Å². The molecule has 4 bridgehead atoms. The smallest absolute Gasteiger partial charge is 0.244 e. The number of amides is 2. The molecule has 0 spiro atoms. The van der Waals surface area contributed by atoms with E-state index in [0.29, 0.717) is 21.3 Å². The van der Waals surface area contributed by atoms with E-state index < -0.39 is 28.5 Å². The van der Waals surface area contributed by atoms with Crippen molar-refractivity contribution in [2.24, 2.45) is 17.8 Å². The van der Waals surface area contributed by atoms with E-state index >= 15 is 0 Å². The third-order valence-corrected chi connectivity index (χ3v) is 12.2. The van der Waals surface area contributed by atoms with Crippen molar-refractivity contribution in [2.45, 2.75) is 62.9 Å². The summed E-state index contributed by atoms with van der Waals surface area (Å²) < 4.78 is 27.6. The zero-order chi connectivity index (χ0) is 32.6. The molecule has 0 radical (unpaired) electrons. The lowest BCUT2D eigenvalue weighted by Crippen LogP contribution is -2.53. The van der Waals surface area contributed by atoms with Crippen LogP contribution in [0, 0.1) is 17.8 Å². The number of nitrogens with one attached hydrogen (secondary N) is 1. The summed E-state index contributed by atoms with van der Waals surface area (Å²) in [6.07, 6.45) is 8.96. The van der Waals surface area contributed by atoms with Crippen molar-refractivity contribution in [3.05, 3.63) is 99.5 Å². The molecule has 4 aliphatic carbocycles. The molecule has 7 nitrogen and oxygen atoms in total. The molecular weight excluding hydrogens is 641 g/mol. The molecule has 4 aliphatic rings. The number of hydrogen-bond acceptors (Lipinski definition) is 4. The summed E-state index contributed by atoms with van der Waals surface area (Å²) in [6, 6.07) is 21.3. The first-order chi connectivity index (χ1) is 22.0. The SMILES string of the molecule is CNC(=O)[C@H](Cc1ccccc1)N(Cc1c(Cl)cccc1Cl)C(=O)CN(c1ccc(C23CC4CC(CC(C4)C2)C3)cc1)S(C)(=O)=O.